The van der Waals surface area contributed by atoms with Gasteiger partial charge in [-0.3, -0.25) is 4.98 Å². The van der Waals surface area contributed by atoms with Gasteiger partial charge in [0.15, 0.2) is 0 Å². The average Bonchev–Trinajstić information content (AvgIpc) is 2.68. The van der Waals surface area contributed by atoms with E-state index in [1.54, 1.807) is 12.4 Å². The van der Waals surface area contributed by atoms with Crippen LogP contribution < -0.4 is 0 Å². The molecule has 6 heteroatoms. The summed E-state index contributed by atoms with van der Waals surface area (Å²) in [6, 6.07) is 6.70. The molecule has 2 rings (SSSR count). The van der Waals surface area contributed by atoms with Gasteiger partial charge in [-0.2, -0.15) is 13.2 Å². The molecule has 86 valence electrons. The number of alkyl halides is 3. The molecular formula is C10H8BrF3N2. The zero-order valence-corrected chi connectivity index (χ0v) is 9.59. The van der Waals surface area contributed by atoms with Crippen LogP contribution in [0.15, 0.2) is 47.5 Å². The van der Waals surface area contributed by atoms with Crippen molar-refractivity contribution in [2.75, 3.05) is 0 Å². The Hall–Kier alpha value is -1.30. The molecule has 0 aliphatic rings. The van der Waals surface area contributed by atoms with Crippen molar-refractivity contribution in [1.82, 2.24) is 9.97 Å². The van der Waals surface area contributed by atoms with E-state index < -0.39 is 11.7 Å². The Kier molecular flexibility index (Phi) is 4.54. The molecule has 16 heavy (non-hydrogen) atoms. The van der Waals surface area contributed by atoms with E-state index in [0.29, 0.717) is 4.60 Å². The predicted octanol–water partition coefficient (Wildman–Crippen LogP) is 3.88. The van der Waals surface area contributed by atoms with Crippen molar-refractivity contribution in [3.05, 3.63) is 53.0 Å². The molecule has 0 radical (unpaired) electrons. The summed E-state index contributed by atoms with van der Waals surface area (Å²) in [5.74, 6) is 0. The Labute approximate surface area is 98.7 Å². The number of aromatic amines is 1. The molecule has 0 unspecified atom stereocenters. The molecule has 2 aromatic rings. The highest BCUT2D eigenvalue weighted by Crippen LogP contribution is 2.30. The number of pyridine rings is 1. The van der Waals surface area contributed by atoms with Gasteiger partial charge in [0.1, 0.15) is 0 Å². The van der Waals surface area contributed by atoms with Gasteiger partial charge in [0.2, 0.25) is 0 Å². The molecule has 0 saturated heterocycles. The lowest BCUT2D eigenvalue weighted by Gasteiger charge is -1.99. The van der Waals surface area contributed by atoms with Crippen LogP contribution in [0.2, 0.25) is 0 Å². The number of hydrogen-bond donors (Lipinski definition) is 1. The highest BCUT2D eigenvalue weighted by molar-refractivity contribution is 9.10. The van der Waals surface area contributed by atoms with Crippen LogP contribution in [-0.4, -0.2) is 9.97 Å². The lowest BCUT2D eigenvalue weighted by molar-refractivity contribution is -0.137. The molecular weight excluding hydrogens is 285 g/mol. The Morgan fingerprint density at radius 3 is 1.94 bits per heavy atom. The van der Waals surface area contributed by atoms with E-state index in [1.165, 1.54) is 0 Å². The number of H-pyrrole nitrogens is 1. The first-order chi connectivity index (χ1) is 7.50. The van der Waals surface area contributed by atoms with Crippen LogP contribution >= 0.6 is 15.9 Å². The molecule has 0 fully saturated rings. The van der Waals surface area contributed by atoms with Gasteiger partial charge in [-0.25, -0.2) is 0 Å². The second kappa shape index (κ2) is 5.69. The van der Waals surface area contributed by atoms with E-state index in [9.17, 15) is 13.2 Å². The number of nitrogens with one attached hydrogen (secondary N) is 1. The predicted molar refractivity (Wildman–Crippen MR) is 57.7 cm³/mol. The molecule has 0 amide bonds. The standard InChI is InChI=1S/C5H3BrF3N.C5H5N/c6-4-1-3(2-10-4)5(7,8)9;1-2-4-6-5-3-1/h1-2,10H;1-5H. The summed E-state index contributed by atoms with van der Waals surface area (Å²) in [5.41, 5.74) is -0.667. The van der Waals surface area contributed by atoms with Gasteiger partial charge in [-0.15, -0.1) is 0 Å². The molecule has 0 spiro atoms. The molecule has 2 nitrogen and oxygen atoms in total. The largest absolute Gasteiger partial charge is 0.417 e. The van der Waals surface area contributed by atoms with Gasteiger partial charge < -0.3 is 4.98 Å². The molecule has 0 bridgehead atoms. The number of aromatic nitrogens is 2. The van der Waals surface area contributed by atoms with Crippen LogP contribution in [0.3, 0.4) is 0 Å². The average molecular weight is 293 g/mol. The molecule has 2 heterocycles. The topological polar surface area (TPSA) is 28.7 Å². The van der Waals surface area contributed by atoms with Gasteiger partial charge in [-0.05, 0) is 34.1 Å². The highest BCUT2D eigenvalue weighted by Gasteiger charge is 2.31. The lowest BCUT2D eigenvalue weighted by Crippen LogP contribution is -2.01. The van der Waals surface area contributed by atoms with Crippen molar-refractivity contribution in [3.63, 3.8) is 0 Å². The van der Waals surface area contributed by atoms with Gasteiger partial charge in [0.05, 0.1) is 10.2 Å². The third-order valence-corrected chi connectivity index (χ3v) is 2.00. The van der Waals surface area contributed by atoms with Crippen LogP contribution in [-0.2, 0) is 6.18 Å². The van der Waals surface area contributed by atoms with Crippen LogP contribution in [0.25, 0.3) is 0 Å². The Morgan fingerprint density at radius 2 is 1.75 bits per heavy atom. The number of halogens is 4. The number of hydrogen-bond acceptors (Lipinski definition) is 1. The first-order valence-electron chi connectivity index (χ1n) is 4.26. The molecule has 0 aliphatic heterocycles. The fourth-order valence-corrected chi connectivity index (χ4v) is 1.20. The Bertz CT molecular complexity index is 385. The summed E-state index contributed by atoms with van der Waals surface area (Å²) < 4.78 is 35.6. The third-order valence-electron chi connectivity index (χ3n) is 1.54. The molecule has 2 aromatic heterocycles. The third kappa shape index (κ3) is 4.48. The maximum atomic E-state index is 11.8. The van der Waals surface area contributed by atoms with E-state index in [2.05, 4.69) is 25.9 Å². The maximum absolute atomic E-state index is 11.8. The van der Waals surface area contributed by atoms with Crippen LogP contribution in [0.4, 0.5) is 13.2 Å². The summed E-state index contributed by atoms with van der Waals surface area (Å²) in [4.78, 5) is 6.16. The fourth-order valence-electron chi connectivity index (χ4n) is 0.843. The Morgan fingerprint density at radius 1 is 1.12 bits per heavy atom. The van der Waals surface area contributed by atoms with Gasteiger partial charge >= 0.3 is 6.18 Å². The summed E-state index contributed by atoms with van der Waals surface area (Å²) in [6.45, 7) is 0. The summed E-state index contributed by atoms with van der Waals surface area (Å²) in [6.07, 6.45) is 0.159. The number of nitrogens with zero attached hydrogens (tertiary/aromatic N) is 1. The van der Waals surface area contributed by atoms with Gasteiger partial charge in [0, 0.05) is 18.6 Å². The van der Waals surface area contributed by atoms with Crippen molar-refractivity contribution >= 4 is 15.9 Å². The first-order valence-corrected chi connectivity index (χ1v) is 5.05. The second-order valence-electron chi connectivity index (χ2n) is 2.76. The summed E-state index contributed by atoms with van der Waals surface area (Å²) in [7, 11) is 0. The van der Waals surface area contributed by atoms with E-state index in [0.717, 1.165) is 12.3 Å². The minimum absolute atomic E-state index is 0.333. The summed E-state index contributed by atoms with van der Waals surface area (Å²) >= 11 is 2.87. The molecule has 0 aliphatic carbocycles. The van der Waals surface area contributed by atoms with Crippen LogP contribution in [0, 0.1) is 0 Å². The van der Waals surface area contributed by atoms with Crippen LogP contribution in [0.1, 0.15) is 5.56 Å². The van der Waals surface area contributed by atoms with E-state index >= 15 is 0 Å². The maximum Gasteiger partial charge on any atom is 0.417 e. The van der Waals surface area contributed by atoms with E-state index in [-0.39, 0.29) is 0 Å². The van der Waals surface area contributed by atoms with E-state index in [1.807, 2.05) is 18.2 Å². The smallest absolute Gasteiger partial charge is 0.355 e. The van der Waals surface area contributed by atoms with Crippen molar-refractivity contribution in [1.29, 1.82) is 0 Å². The molecule has 0 aromatic carbocycles. The second-order valence-corrected chi connectivity index (χ2v) is 3.61. The van der Waals surface area contributed by atoms with Crippen molar-refractivity contribution in [3.8, 4) is 0 Å². The fraction of sp³-hybridized carbons (Fsp3) is 0.100. The van der Waals surface area contributed by atoms with Gasteiger partial charge in [-0.1, -0.05) is 6.07 Å². The SMILES string of the molecule is FC(F)(F)c1c[nH]c(Br)c1.c1ccncc1. The molecule has 0 atom stereocenters. The highest BCUT2D eigenvalue weighted by atomic mass is 79.9. The zero-order chi connectivity index (χ0) is 12.0. The van der Waals surface area contributed by atoms with Crippen molar-refractivity contribution in [2.45, 2.75) is 6.18 Å². The van der Waals surface area contributed by atoms with E-state index in [4.69, 9.17) is 0 Å². The quantitative estimate of drug-likeness (QED) is 0.784. The normalized spacial score (nSPS) is 10.5. The lowest BCUT2D eigenvalue weighted by atomic mass is 10.3. The monoisotopic (exact) mass is 292 g/mol. The zero-order valence-electron chi connectivity index (χ0n) is 8.00. The minimum Gasteiger partial charge on any atom is -0.355 e. The molecule has 0 saturated carbocycles. The number of rotatable bonds is 0. The Balaban J connectivity index is 0.000000181. The first kappa shape index (κ1) is 12.8. The molecule has 1 N–H and O–H groups in total. The van der Waals surface area contributed by atoms with Crippen LogP contribution in [0.5, 0.6) is 0 Å². The summed E-state index contributed by atoms with van der Waals surface area (Å²) in [5, 5.41) is 0. The van der Waals surface area contributed by atoms with Crippen molar-refractivity contribution < 1.29 is 13.2 Å². The van der Waals surface area contributed by atoms with Crippen molar-refractivity contribution in [2.24, 2.45) is 0 Å². The minimum atomic E-state index is -4.25. The van der Waals surface area contributed by atoms with Gasteiger partial charge in [0.25, 0.3) is 0 Å².